The van der Waals surface area contributed by atoms with E-state index in [1.165, 1.54) is 0 Å². The van der Waals surface area contributed by atoms with E-state index in [-0.39, 0.29) is 16.9 Å². The Balaban J connectivity index is 1.60. The van der Waals surface area contributed by atoms with Gasteiger partial charge in [-0.3, -0.25) is 4.79 Å². The molecule has 5 nitrogen and oxygen atoms in total. The van der Waals surface area contributed by atoms with Crippen LogP contribution in [0.15, 0.2) is 17.3 Å². The lowest BCUT2D eigenvalue weighted by molar-refractivity contribution is -0.170. The molecule has 4 aliphatic rings. The predicted octanol–water partition coefficient (Wildman–Crippen LogP) is 3.60. The maximum atomic E-state index is 12.6. The van der Waals surface area contributed by atoms with Crippen LogP contribution < -0.4 is 5.73 Å². The Morgan fingerprint density at radius 3 is 2.71 bits per heavy atom. The molecule has 0 aromatic heterocycles. The first-order chi connectivity index (χ1) is 13.1. The summed E-state index contributed by atoms with van der Waals surface area (Å²) in [5, 5.41) is 16.1. The van der Waals surface area contributed by atoms with Crippen molar-refractivity contribution in [3.8, 4) is 0 Å². The molecule has 0 aromatic carbocycles. The van der Waals surface area contributed by atoms with Gasteiger partial charge in [0.15, 0.2) is 0 Å². The van der Waals surface area contributed by atoms with Gasteiger partial charge in [0.1, 0.15) is 12.4 Å². The second-order valence-corrected chi connectivity index (χ2v) is 10.5. The lowest BCUT2D eigenvalue weighted by Gasteiger charge is -2.63. The largest absolute Gasteiger partial charge is 0.394 e. The SMILES string of the molecule is C=C1C[C@@]2(O)CC(=NOC[C@H](C)N)CC[C@]2(C)[C@H]2CC[C@]3(C)C(=O)CC[C@H]3[C@H]12. The van der Waals surface area contributed by atoms with Crippen LogP contribution in [0, 0.1) is 28.6 Å². The van der Waals surface area contributed by atoms with E-state index in [1.54, 1.807) is 0 Å². The molecular weight excluding hydrogens is 352 g/mol. The first kappa shape index (κ1) is 20.1. The van der Waals surface area contributed by atoms with Crippen molar-refractivity contribution in [1.82, 2.24) is 0 Å². The lowest BCUT2D eigenvalue weighted by atomic mass is 9.43. The highest BCUT2D eigenvalue weighted by molar-refractivity contribution is 5.87. The summed E-state index contributed by atoms with van der Waals surface area (Å²) < 4.78 is 0. The number of aliphatic hydroxyl groups is 1. The fraction of sp³-hybridized carbons (Fsp3) is 0.826. The van der Waals surface area contributed by atoms with Gasteiger partial charge in [0.2, 0.25) is 0 Å². The summed E-state index contributed by atoms with van der Waals surface area (Å²) in [6.07, 6.45) is 6.59. The van der Waals surface area contributed by atoms with Crippen LogP contribution in [-0.2, 0) is 9.63 Å². The van der Waals surface area contributed by atoms with Crippen LogP contribution >= 0.6 is 0 Å². The number of oxime groups is 1. The van der Waals surface area contributed by atoms with Gasteiger partial charge in [-0.15, -0.1) is 0 Å². The van der Waals surface area contributed by atoms with Crippen LogP contribution in [0.3, 0.4) is 0 Å². The van der Waals surface area contributed by atoms with Crippen molar-refractivity contribution < 1.29 is 14.7 Å². The number of nitrogens with two attached hydrogens (primary N) is 1. The number of carbonyl (C=O) groups excluding carboxylic acids is 1. The molecule has 0 saturated heterocycles. The van der Waals surface area contributed by atoms with Crippen molar-refractivity contribution >= 4 is 11.5 Å². The zero-order chi connectivity index (χ0) is 20.3. The Hall–Kier alpha value is -1.20. The fourth-order valence-corrected chi connectivity index (χ4v) is 7.07. The van der Waals surface area contributed by atoms with Gasteiger partial charge in [0.05, 0.1) is 11.3 Å². The van der Waals surface area contributed by atoms with E-state index in [0.29, 0.717) is 49.4 Å². The minimum absolute atomic E-state index is 0.0535. The van der Waals surface area contributed by atoms with Gasteiger partial charge < -0.3 is 15.7 Å². The summed E-state index contributed by atoms with van der Waals surface area (Å²) in [6, 6.07) is -0.0535. The number of hydrogen-bond donors (Lipinski definition) is 2. The van der Waals surface area contributed by atoms with Crippen LogP contribution in [0.2, 0.25) is 0 Å². The van der Waals surface area contributed by atoms with E-state index < -0.39 is 5.60 Å². The van der Waals surface area contributed by atoms with Gasteiger partial charge in [-0.25, -0.2) is 0 Å². The van der Waals surface area contributed by atoms with E-state index in [1.807, 2.05) is 6.92 Å². The molecule has 7 atom stereocenters. The van der Waals surface area contributed by atoms with Crippen LogP contribution in [0.25, 0.3) is 0 Å². The summed E-state index contributed by atoms with van der Waals surface area (Å²) in [5.74, 6) is 1.61. The highest BCUT2D eigenvalue weighted by Gasteiger charge is 2.65. The summed E-state index contributed by atoms with van der Waals surface area (Å²) in [5.41, 5.74) is 6.66. The summed E-state index contributed by atoms with van der Waals surface area (Å²) >= 11 is 0. The number of nitrogens with zero attached hydrogens (tertiary/aromatic N) is 1. The molecule has 0 unspecified atom stereocenters. The maximum absolute atomic E-state index is 12.6. The summed E-state index contributed by atoms with van der Waals surface area (Å²) in [7, 11) is 0. The van der Waals surface area contributed by atoms with Crippen molar-refractivity contribution in [3.05, 3.63) is 12.2 Å². The molecule has 0 spiro atoms. The van der Waals surface area contributed by atoms with Crippen molar-refractivity contribution in [2.24, 2.45) is 39.5 Å². The third-order valence-corrected chi connectivity index (χ3v) is 8.81. The molecular formula is C23H36N2O3. The standard InChI is InChI=1S/C23H36N2O3/c1-14-11-23(27)12-16(25-28-13-15(2)24)7-10-22(23,4)18-8-9-21(3)17(20(14)18)5-6-19(21)26/h15,17-18,20,27H,1,5-13,24H2,2-4H3/t15-,17-,18-,20-,21-,22+,23+/m0/s1. The number of Topliss-reactive ketones (excluding diaryl/α,β-unsaturated/α-hetero) is 1. The number of fused-ring (bicyclic) bond motifs is 5. The number of rotatable bonds is 3. The number of ketones is 1. The van der Waals surface area contributed by atoms with E-state index in [2.05, 4.69) is 25.6 Å². The third kappa shape index (κ3) is 2.80. The zero-order valence-electron chi connectivity index (χ0n) is 17.7. The molecule has 4 rings (SSSR count). The highest BCUT2D eigenvalue weighted by atomic mass is 16.6. The lowest BCUT2D eigenvalue weighted by Crippen LogP contribution is -2.63. The Kier molecular flexibility index (Phi) is 4.78. The average Bonchev–Trinajstić information content (AvgIpc) is 2.91. The highest BCUT2D eigenvalue weighted by Crippen LogP contribution is 2.67. The van der Waals surface area contributed by atoms with Crippen LogP contribution in [-0.4, -0.2) is 34.9 Å². The molecule has 5 heteroatoms. The zero-order valence-corrected chi connectivity index (χ0v) is 17.7. The smallest absolute Gasteiger partial charge is 0.139 e. The van der Waals surface area contributed by atoms with Gasteiger partial charge in [-0.1, -0.05) is 31.2 Å². The first-order valence-corrected chi connectivity index (χ1v) is 11.0. The van der Waals surface area contributed by atoms with Crippen molar-refractivity contribution in [2.45, 2.75) is 83.8 Å². The monoisotopic (exact) mass is 388 g/mol. The first-order valence-electron chi connectivity index (χ1n) is 11.0. The van der Waals surface area contributed by atoms with Gasteiger partial charge in [0, 0.05) is 29.7 Å². The van der Waals surface area contributed by atoms with Gasteiger partial charge >= 0.3 is 0 Å². The normalized spacial score (nSPS) is 48.0. The quantitative estimate of drug-likeness (QED) is 0.571. The molecule has 3 N–H and O–H groups in total. The van der Waals surface area contributed by atoms with E-state index >= 15 is 0 Å². The minimum Gasteiger partial charge on any atom is -0.394 e. The topological polar surface area (TPSA) is 84.9 Å². The molecule has 4 fully saturated rings. The molecule has 156 valence electrons. The Labute approximate surface area is 168 Å². The van der Waals surface area contributed by atoms with E-state index in [0.717, 1.165) is 43.4 Å². The average molecular weight is 389 g/mol. The number of carbonyl (C=O) groups is 1. The molecule has 4 saturated carbocycles. The molecule has 0 bridgehead atoms. The van der Waals surface area contributed by atoms with Crippen molar-refractivity contribution in [1.29, 1.82) is 0 Å². The van der Waals surface area contributed by atoms with Crippen LogP contribution in [0.1, 0.15) is 72.1 Å². The minimum atomic E-state index is -0.823. The molecule has 28 heavy (non-hydrogen) atoms. The number of hydrogen-bond acceptors (Lipinski definition) is 5. The van der Waals surface area contributed by atoms with Crippen LogP contribution in [0.4, 0.5) is 0 Å². The molecule has 0 radical (unpaired) electrons. The van der Waals surface area contributed by atoms with Gasteiger partial charge in [-0.05, 0) is 63.2 Å². The Morgan fingerprint density at radius 1 is 1.25 bits per heavy atom. The van der Waals surface area contributed by atoms with Crippen LogP contribution in [0.5, 0.6) is 0 Å². The maximum Gasteiger partial charge on any atom is 0.139 e. The van der Waals surface area contributed by atoms with Crippen molar-refractivity contribution in [2.75, 3.05) is 6.61 Å². The molecule has 4 aliphatic carbocycles. The molecule has 0 amide bonds. The molecule has 0 heterocycles. The summed E-state index contributed by atoms with van der Waals surface area (Å²) in [4.78, 5) is 18.0. The molecule has 0 aromatic rings. The van der Waals surface area contributed by atoms with Gasteiger partial charge in [-0.2, -0.15) is 0 Å². The van der Waals surface area contributed by atoms with E-state index in [4.69, 9.17) is 10.6 Å². The predicted molar refractivity (Wildman–Crippen MR) is 110 cm³/mol. The second kappa shape index (κ2) is 6.66. The van der Waals surface area contributed by atoms with E-state index in [9.17, 15) is 9.90 Å². The third-order valence-electron chi connectivity index (χ3n) is 8.81. The summed E-state index contributed by atoms with van der Waals surface area (Å²) in [6.45, 7) is 11.2. The van der Waals surface area contributed by atoms with Crippen molar-refractivity contribution in [3.63, 3.8) is 0 Å². The second-order valence-electron chi connectivity index (χ2n) is 10.5. The molecule has 0 aliphatic heterocycles. The fourth-order valence-electron chi connectivity index (χ4n) is 7.07. The Bertz CT molecular complexity index is 717. The van der Waals surface area contributed by atoms with Gasteiger partial charge in [0.25, 0.3) is 0 Å². The Morgan fingerprint density at radius 2 is 2.00 bits per heavy atom.